The molecule has 0 saturated carbocycles. The number of aromatic nitrogens is 2. The molecule has 0 spiro atoms. The number of benzene rings is 2. The van der Waals surface area contributed by atoms with Crippen LogP contribution >= 0.6 is 15.9 Å². The molecule has 1 aromatic heterocycles. The van der Waals surface area contributed by atoms with Crippen molar-refractivity contribution >= 4 is 32.9 Å². The number of hydrogen-bond donors (Lipinski definition) is 1. The maximum Gasteiger partial charge on any atom is 0.217 e. The highest BCUT2D eigenvalue weighted by Crippen LogP contribution is 2.30. The maximum atomic E-state index is 13.8. The predicted molar refractivity (Wildman–Crippen MR) is 103 cm³/mol. The van der Waals surface area contributed by atoms with Crippen LogP contribution in [0, 0.1) is 5.82 Å². The Hall–Kier alpha value is -2.41. The molecule has 26 heavy (non-hydrogen) atoms. The van der Waals surface area contributed by atoms with Crippen LogP contribution in [0.4, 0.5) is 4.39 Å². The average molecular weight is 420 g/mol. The van der Waals surface area contributed by atoms with Crippen molar-refractivity contribution in [2.75, 3.05) is 7.11 Å². The monoisotopic (exact) mass is 419 g/mol. The van der Waals surface area contributed by atoms with Gasteiger partial charge in [-0.1, -0.05) is 15.9 Å². The molecule has 0 aliphatic carbocycles. The van der Waals surface area contributed by atoms with E-state index in [0.29, 0.717) is 12.4 Å². The van der Waals surface area contributed by atoms with Crippen molar-refractivity contribution < 1.29 is 13.9 Å². The average Bonchev–Trinajstić information content (AvgIpc) is 2.92. The molecule has 0 saturated heterocycles. The van der Waals surface area contributed by atoms with E-state index in [0.717, 1.165) is 21.1 Å². The lowest BCUT2D eigenvalue weighted by Crippen LogP contribution is -2.34. The van der Waals surface area contributed by atoms with Crippen LogP contribution in [0.1, 0.15) is 13.8 Å². The lowest BCUT2D eigenvalue weighted by atomic mass is 10.2. The minimum absolute atomic E-state index is 0.0883. The number of carbonyl (C=O) groups excluding carboxylic acids is 1. The number of amides is 1. The minimum atomic E-state index is -0.423. The first-order chi connectivity index (χ1) is 12.4. The highest BCUT2D eigenvalue weighted by atomic mass is 79.9. The maximum absolute atomic E-state index is 13.8. The summed E-state index contributed by atoms with van der Waals surface area (Å²) in [6.07, 6.45) is 0. The summed E-state index contributed by atoms with van der Waals surface area (Å²) in [5.74, 6) is 0.341. The number of nitrogens with one attached hydrogen (secondary N) is 1. The van der Waals surface area contributed by atoms with Crippen molar-refractivity contribution in [3.05, 3.63) is 46.7 Å². The van der Waals surface area contributed by atoms with Crippen LogP contribution in [0.3, 0.4) is 0 Å². The number of nitrogens with zero attached hydrogens (tertiary/aromatic N) is 2. The van der Waals surface area contributed by atoms with Gasteiger partial charge in [-0.05, 0) is 43.3 Å². The van der Waals surface area contributed by atoms with Gasteiger partial charge in [-0.25, -0.2) is 9.37 Å². The zero-order chi connectivity index (χ0) is 18.8. The molecule has 1 unspecified atom stereocenters. The molecule has 2 aromatic carbocycles. The van der Waals surface area contributed by atoms with Crippen molar-refractivity contribution in [3.8, 4) is 17.1 Å². The van der Waals surface area contributed by atoms with Gasteiger partial charge in [0.15, 0.2) is 11.6 Å². The van der Waals surface area contributed by atoms with E-state index in [1.54, 1.807) is 12.1 Å². The molecular formula is C19H19BrFN3O2. The molecule has 136 valence electrons. The SMILES string of the molecule is COc1cc(-c2nc3cc(Br)ccc3n2CC(C)NC(C)=O)ccc1F. The van der Waals surface area contributed by atoms with Gasteiger partial charge in [-0.15, -0.1) is 0 Å². The zero-order valence-electron chi connectivity index (χ0n) is 14.7. The molecule has 1 atom stereocenters. The number of fused-ring (bicyclic) bond motifs is 1. The van der Waals surface area contributed by atoms with E-state index in [4.69, 9.17) is 9.72 Å². The Kier molecular flexibility index (Phi) is 5.27. The Balaban J connectivity index is 2.14. The third-order valence-electron chi connectivity index (χ3n) is 4.03. The van der Waals surface area contributed by atoms with E-state index in [9.17, 15) is 9.18 Å². The molecule has 1 heterocycles. The topological polar surface area (TPSA) is 56.1 Å². The van der Waals surface area contributed by atoms with Gasteiger partial charge in [-0.3, -0.25) is 4.79 Å². The minimum Gasteiger partial charge on any atom is -0.494 e. The van der Waals surface area contributed by atoms with Crippen LogP contribution in [0.25, 0.3) is 22.4 Å². The predicted octanol–water partition coefficient (Wildman–Crippen LogP) is 4.14. The Bertz CT molecular complexity index is 971. The van der Waals surface area contributed by atoms with Crippen LogP contribution in [0.5, 0.6) is 5.75 Å². The van der Waals surface area contributed by atoms with E-state index in [2.05, 4.69) is 21.2 Å². The van der Waals surface area contributed by atoms with Gasteiger partial charge < -0.3 is 14.6 Å². The molecule has 7 heteroatoms. The second-order valence-electron chi connectivity index (χ2n) is 6.13. The third kappa shape index (κ3) is 3.72. The van der Waals surface area contributed by atoms with Crippen molar-refractivity contribution in [2.45, 2.75) is 26.4 Å². The highest BCUT2D eigenvalue weighted by molar-refractivity contribution is 9.10. The number of carbonyl (C=O) groups is 1. The number of hydrogen-bond acceptors (Lipinski definition) is 3. The van der Waals surface area contributed by atoms with Gasteiger partial charge in [-0.2, -0.15) is 0 Å². The molecular weight excluding hydrogens is 401 g/mol. The van der Waals surface area contributed by atoms with E-state index in [1.807, 2.05) is 29.7 Å². The number of halogens is 2. The van der Waals surface area contributed by atoms with E-state index in [1.165, 1.54) is 20.1 Å². The molecule has 0 fully saturated rings. The third-order valence-corrected chi connectivity index (χ3v) is 4.52. The lowest BCUT2D eigenvalue weighted by molar-refractivity contribution is -0.119. The molecule has 0 radical (unpaired) electrons. The van der Waals surface area contributed by atoms with Gasteiger partial charge in [0.05, 0.1) is 18.1 Å². The van der Waals surface area contributed by atoms with Gasteiger partial charge in [0, 0.05) is 29.5 Å². The highest BCUT2D eigenvalue weighted by Gasteiger charge is 2.17. The summed E-state index contributed by atoms with van der Waals surface area (Å²) in [7, 11) is 1.43. The molecule has 3 rings (SSSR count). The van der Waals surface area contributed by atoms with E-state index >= 15 is 0 Å². The first-order valence-corrected chi connectivity index (χ1v) is 8.95. The van der Waals surface area contributed by atoms with Crippen molar-refractivity contribution in [1.29, 1.82) is 0 Å². The fourth-order valence-electron chi connectivity index (χ4n) is 2.97. The smallest absolute Gasteiger partial charge is 0.217 e. The Morgan fingerprint density at radius 1 is 1.35 bits per heavy atom. The second kappa shape index (κ2) is 7.45. The summed E-state index contributed by atoms with van der Waals surface area (Å²) in [6.45, 7) is 3.96. The Morgan fingerprint density at radius 3 is 2.81 bits per heavy atom. The Morgan fingerprint density at radius 2 is 2.12 bits per heavy atom. The number of ether oxygens (including phenoxy) is 1. The summed E-state index contributed by atoms with van der Waals surface area (Å²) in [5.41, 5.74) is 2.49. The fourth-order valence-corrected chi connectivity index (χ4v) is 3.32. The molecule has 0 aliphatic heterocycles. The van der Waals surface area contributed by atoms with E-state index < -0.39 is 5.82 Å². The van der Waals surface area contributed by atoms with Gasteiger partial charge in [0.2, 0.25) is 5.91 Å². The number of methoxy groups -OCH3 is 1. The van der Waals surface area contributed by atoms with Gasteiger partial charge in [0.1, 0.15) is 5.82 Å². The summed E-state index contributed by atoms with van der Waals surface area (Å²) in [4.78, 5) is 16.1. The van der Waals surface area contributed by atoms with Crippen LogP contribution in [-0.2, 0) is 11.3 Å². The van der Waals surface area contributed by atoms with Gasteiger partial charge in [0.25, 0.3) is 0 Å². The van der Waals surface area contributed by atoms with Crippen LogP contribution in [0.2, 0.25) is 0 Å². The van der Waals surface area contributed by atoms with Crippen molar-refractivity contribution in [3.63, 3.8) is 0 Å². The molecule has 1 N–H and O–H groups in total. The second-order valence-corrected chi connectivity index (χ2v) is 7.05. The molecule has 5 nitrogen and oxygen atoms in total. The quantitative estimate of drug-likeness (QED) is 0.675. The summed E-state index contributed by atoms with van der Waals surface area (Å²) < 4.78 is 21.8. The molecule has 3 aromatic rings. The molecule has 0 aliphatic rings. The van der Waals surface area contributed by atoms with Crippen LogP contribution in [-0.4, -0.2) is 28.6 Å². The number of rotatable bonds is 5. The zero-order valence-corrected chi connectivity index (χ0v) is 16.3. The van der Waals surface area contributed by atoms with E-state index in [-0.39, 0.29) is 17.7 Å². The Labute approximate surface area is 159 Å². The van der Waals surface area contributed by atoms with Crippen LogP contribution in [0.15, 0.2) is 40.9 Å². The summed E-state index contributed by atoms with van der Waals surface area (Å²) in [5, 5.41) is 2.89. The first kappa shape index (κ1) is 18.4. The fraction of sp³-hybridized carbons (Fsp3) is 0.263. The first-order valence-electron chi connectivity index (χ1n) is 8.16. The largest absolute Gasteiger partial charge is 0.494 e. The molecule has 0 bridgehead atoms. The normalized spacial score (nSPS) is 12.2. The summed E-state index contributed by atoms with van der Waals surface area (Å²) in [6, 6.07) is 10.4. The van der Waals surface area contributed by atoms with Gasteiger partial charge >= 0.3 is 0 Å². The lowest BCUT2D eigenvalue weighted by Gasteiger charge is -2.16. The van der Waals surface area contributed by atoms with Crippen molar-refractivity contribution in [2.24, 2.45) is 0 Å². The molecule has 1 amide bonds. The standard InChI is InChI=1S/C19H19BrFN3O2/c1-11(22-12(2)25)10-24-17-7-5-14(20)9-16(17)23-19(24)13-4-6-15(21)18(8-13)26-3/h4-9,11H,10H2,1-3H3,(H,22,25). The summed E-state index contributed by atoms with van der Waals surface area (Å²) >= 11 is 3.46. The van der Waals surface area contributed by atoms with Crippen LogP contribution < -0.4 is 10.1 Å². The number of imidazole rings is 1. The van der Waals surface area contributed by atoms with Crippen molar-refractivity contribution in [1.82, 2.24) is 14.9 Å².